The molecular formula is C21H27N3O3. The van der Waals surface area contributed by atoms with E-state index in [2.05, 4.69) is 16.0 Å². The molecule has 0 unspecified atom stereocenters. The van der Waals surface area contributed by atoms with Crippen molar-refractivity contribution in [3.63, 3.8) is 0 Å². The molecule has 0 radical (unpaired) electrons. The van der Waals surface area contributed by atoms with Crippen LogP contribution in [0, 0.1) is 11.3 Å². The van der Waals surface area contributed by atoms with Crippen LogP contribution in [0.2, 0.25) is 0 Å². The number of ether oxygens (including phenoxy) is 1. The number of carbonyl (C=O) groups is 1. The van der Waals surface area contributed by atoms with Crippen molar-refractivity contribution < 1.29 is 13.9 Å². The number of rotatable bonds is 5. The van der Waals surface area contributed by atoms with Crippen molar-refractivity contribution in [3.8, 4) is 0 Å². The van der Waals surface area contributed by atoms with Gasteiger partial charge in [-0.05, 0) is 55.6 Å². The number of furan rings is 1. The van der Waals surface area contributed by atoms with Gasteiger partial charge in [-0.1, -0.05) is 6.07 Å². The fourth-order valence-electron chi connectivity index (χ4n) is 4.62. The van der Waals surface area contributed by atoms with Gasteiger partial charge in [-0.15, -0.1) is 0 Å². The lowest BCUT2D eigenvalue weighted by Crippen LogP contribution is -2.45. The summed E-state index contributed by atoms with van der Waals surface area (Å²) in [6.45, 7) is 5.17. The van der Waals surface area contributed by atoms with E-state index in [4.69, 9.17) is 9.15 Å². The van der Waals surface area contributed by atoms with Crippen LogP contribution in [-0.4, -0.2) is 60.6 Å². The third kappa shape index (κ3) is 3.77. The fraction of sp³-hybridized carbons (Fsp3) is 0.524. The number of pyridine rings is 1. The van der Waals surface area contributed by atoms with Gasteiger partial charge in [-0.25, -0.2) is 0 Å². The van der Waals surface area contributed by atoms with E-state index in [9.17, 15) is 4.79 Å². The van der Waals surface area contributed by atoms with E-state index in [1.165, 1.54) is 0 Å². The summed E-state index contributed by atoms with van der Waals surface area (Å²) in [5.41, 5.74) is 1.25. The molecule has 1 atom stereocenters. The molecule has 0 N–H and O–H groups in total. The van der Waals surface area contributed by atoms with Gasteiger partial charge in [-0.3, -0.25) is 14.7 Å². The average molecular weight is 369 g/mol. The van der Waals surface area contributed by atoms with Gasteiger partial charge in [0.2, 0.25) is 0 Å². The molecule has 2 aliphatic rings. The number of methoxy groups -OCH3 is 1. The number of amides is 1. The summed E-state index contributed by atoms with van der Waals surface area (Å²) in [7, 11) is 1.75. The first kappa shape index (κ1) is 18.2. The fourth-order valence-corrected chi connectivity index (χ4v) is 4.62. The molecule has 27 heavy (non-hydrogen) atoms. The van der Waals surface area contributed by atoms with E-state index >= 15 is 0 Å². The van der Waals surface area contributed by atoms with E-state index in [-0.39, 0.29) is 11.3 Å². The number of hydrogen-bond acceptors (Lipinski definition) is 5. The molecule has 0 aromatic carbocycles. The van der Waals surface area contributed by atoms with Gasteiger partial charge in [0.1, 0.15) is 0 Å². The lowest BCUT2D eigenvalue weighted by Gasteiger charge is -2.42. The van der Waals surface area contributed by atoms with Crippen molar-refractivity contribution in [3.05, 3.63) is 54.2 Å². The Labute approximate surface area is 160 Å². The largest absolute Gasteiger partial charge is 0.459 e. The predicted octanol–water partition coefficient (Wildman–Crippen LogP) is 2.68. The minimum Gasteiger partial charge on any atom is -0.459 e. The monoisotopic (exact) mass is 369 g/mol. The first-order chi connectivity index (χ1) is 13.2. The SMILES string of the molecule is COC[C@@H]1CN(C(=O)c2ccco2)CC12CCN(Cc1ccccn1)CC2. The zero-order valence-corrected chi connectivity index (χ0v) is 15.8. The van der Waals surface area contributed by atoms with Crippen molar-refractivity contribution in [2.24, 2.45) is 11.3 Å². The second-order valence-corrected chi connectivity index (χ2v) is 7.77. The summed E-state index contributed by atoms with van der Waals surface area (Å²) >= 11 is 0. The topological polar surface area (TPSA) is 58.8 Å². The highest BCUT2D eigenvalue weighted by atomic mass is 16.5. The number of aromatic nitrogens is 1. The third-order valence-corrected chi connectivity index (χ3v) is 6.16. The average Bonchev–Trinajstić information content (AvgIpc) is 3.34. The second kappa shape index (κ2) is 7.82. The molecule has 0 bridgehead atoms. The van der Waals surface area contributed by atoms with E-state index in [0.717, 1.165) is 51.3 Å². The van der Waals surface area contributed by atoms with Crippen LogP contribution in [0.5, 0.6) is 0 Å². The lowest BCUT2D eigenvalue weighted by molar-refractivity contribution is 0.0344. The maximum Gasteiger partial charge on any atom is 0.289 e. The highest BCUT2D eigenvalue weighted by molar-refractivity contribution is 5.91. The zero-order chi connectivity index (χ0) is 18.7. The quantitative estimate of drug-likeness (QED) is 0.811. The molecule has 144 valence electrons. The minimum absolute atomic E-state index is 0.00565. The van der Waals surface area contributed by atoms with Gasteiger partial charge in [0.05, 0.1) is 18.6 Å². The Morgan fingerprint density at radius 1 is 1.30 bits per heavy atom. The molecule has 6 heteroatoms. The van der Waals surface area contributed by atoms with E-state index in [1.54, 1.807) is 25.5 Å². The number of nitrogens with zero attached hydrogens (tertiary/aromatic N) is 3. The summed E-state index contributed by atoms with van der Waals surface area (Å²) in [5, 5.41) is 0. The van der Waals surface area contributed by atoms with E-state index in [0.29, 0.717) is 18.3 Å². The van der Waals surface area contributed by atoms with Crippen LogP contribution in [0.25, 0.3) is 0 Å². The molecule has 0 saturated carbocycles. The van der Waals surface area contributed by atoms with Crippen LogP contribution in [0.15, 0.2) is 47.2 Å². The Hall–Kier alpha value is -2.18. The Morgan fingerprint density at radius 2 is 2.15 bits per heavy atom. The molecule has 2 fully saturated rings. The summed E-state index contributed by atoms with van der Waals surface area (Å²) in [4.78, 5) is 21.6. The molecule has 2 saturated heterocycles. The number of piperidine rings is 1. The minimum atomic E-state index is -0.00565. The van der Waals surface area contributed by atoms with E-state index < -0.39 is 0 Å². The molecule has 4 heterocycles. The summed E-state index contributed by atoms with van der Waals surface area (Å²) in [6, 6.07) is 9.58. The van der Waals surface area contributed by atoms with Gasteiger partial charge in [0.15, 0.2) is 5.76 Å². The molecular weight excluding hydrogens is 342 g/mol. The third-order valence-electron chi connectivity index (χ3n) is 6.16. The van der Waals surface area contributed by atoms with Crippen molar-refractivity contribution in [2.45, 2.75) is 19.4 Å². The summed E-state index contributed by atoms with van der Waals surface area (Å²) < 4.78 is 10.8. The van der Waals surface area contributed by atoms with Crippen molar-refractivity contribution in [2.75, 3.05) is 39.9 Å². The number of carbonyl (C=O) groups excluding carboxylic acids is 1. The molecule has 2 aromatic rings. The van der Waals surface area contributed by atoms with Gasteiger partial charge < -0.3 is 14.1 Å². The summed E-state index contributed by atoms with van der Waals surface area (Å²) in [6.07, 6.45) is 5.57. The van der Waals surface area contributed by atoms with Gasteiger partial charge >= 0.3 is 0 Å². The Bertz CT molecular complexity index is 739. The highest BCUT2D eigenvalue weighted by Gasteiger charge is 2.49. The number of hydrogen-bond donors (Lipinski definition) is 0. The normalized spacial score (nSPS) is 22.4. The van der Waals surface area contributed by atoms with Crippen molar-refractivity contribution in [1.82, 2.24) is 14.8 Å². The van der Waals surface area contributed by atoms with Gasteiger partial charge in [0, 0.05) is 38.9 Å². The standard InChI is InChI=1S/C21H27N3O3/c1-26-15-17-13-24(20(25)19-6-4-12-27-19)16-21(17)7-10-23(11-8-21)14-18-5-2-3-9-22-18/h2-6,9,12,17H,7-8,10-11,13-16H2,1H3/t17-/m0/s1. The van der Waals surface area contributed by atoms with Crippen LogP contribution in [0.1, 0.15) is 29.1 Å². The molecule has 6 nitrogen and oxygen atoms in total. The smallest absolute Gasteiger partial charge is 0.289 e. The first-order valence-electron chi connectivity index (χ1n) is 9.64. The molecule has 4 rings (SSSR count). The van der Waals surface area contributed by atoms with Crippen LogP contribution in [0.3, 0.4) is 0 Å². The Kier molecular flexibility index (Phi) is 5.27. The van der Waals surface area contributed by atoms with Crippen LogP contribution in [0.4, 0.5) is 0 Å². The first-order valence-corrected chi connectivity index (χ1v) is 9.64. The molecule has 1 amide bonds. The number of likely N-dealkylation sites (tertiary alicyclic amines) is 2. The zero-order valence-electron chi connectivity index (χ0n) is 15.8. The van der Waals surface area contributed by atoms with E-state index in [1.807, 2.05) is 23.2 Å². The Balaban J connectivity index is 1.42. The lowest BCUT2D eigenvalue weighted by atomic mass is 9.71. The maximum atomic E-state index is 12.8. The van der Waals surface area contributed by atoms with Crippen molar-refractivity contribution in [1.29, 1.82) is 0 Å². The van der Waals surface area contributed by atoms with Crippen molar-refractivity contribution >= 4 is 5.91 Å². The van der Waals surface area contributed by atoms with Gasteiger partial charge in [-0.2, -0.15) is 0 Å². The maximum absolute atomic E-state index is 12.8. The molecule has 2 aromatic heterocycles. The molecule has 1 spiro atoms. The highest BCUT2D eigenvalue weighted by Crippen LogP contribution is 2.45. The predicted molar refractivity (Wildman–Crippen MR) is 101 cm³/mol. The summed E-state index contributed by atoms with van der Waals surface area (Å²) in [5.74, 6) is 0.795. The van der Waals surface area contributed by atoms with Crippen LogP contribution < -0.4 is 0 Å². The Morgan fingerprint density at radius 3 is 2.81 bits per heavy atom. The van der Waals surface area contributed by atoms with Crippen LogP contribution >= 0.6 is 0 Å². The molecule has 0 aliphatic carbocycles. The second-order valence-electron chi connectivity index (χ2n) is 7.77. The molecule has 2 aliphatic heterocycles. The van der Waals surface area contributed by atoms with Crippen LogP contribution in [-0.2, 0) is 11.3 Å². The van der Waals surface area contributed by atoms with Gasteiger partial charge in [0.25, 0.3) is 5.91 Å².